The van der Waals surface area contributed by atoms with Gasteiger partial charge >= 0.3 is 12.1 Å². The summed E-state index contributed by atoms with van der Waals surface area (Å²) in [6.07, 6.45) is 0.786. The van der Waals surface area contributed by atoms with Gasteiger partial charge in [0.1, 0.15) is 0 Å². The van der Waals surface area contributed by atoms with E-state index in [-0.39, 0.29) is 12.1 Å². The van der Waals surface area contributed by atoms with E-state index in [0.29, 0.717) is 26.2 Å². The van der Waals surface area contributed by atoms with Crippen molar-refractivity contribution in [2.45, 2.75) is 13.3 Å². The summed E-state index contributed by atoms with van der Waals surface area (Å²) in [7, 11) is 1.62. The lowest BCUT2D eigenvalue weighted by molar-refractivity contribution is 0.198. The van der Waals surface area contributed by atoms with E-state index in [0.717, 1.165) is 17.7 Å². The molecule has 1 saturated heterocycles. The van der Waals surface area contributed by atoms with E-state index in [4.69, 9.17) is 0 Å². The van der Waals surface area contributed by atoms with Crippen molar-refractivity contribution >= 4 is 17.7 Å². The zero-order chi connectivity index (χ0) is 15.2. The van der Waals surface area contributed by atoms with Crippen LogP contribution in [0, 0.1) is 6.92 Å². The summed E-state index contributed by atoms with van der Waals surface area (Å²) in [5.74, 6) is 0. The fourth-order valence-corrected chi connectivity index (χ4v) is 2.32. The molecule has 1 heterocycles. The molecular formula is C15H22N4O2. The molecule has 1 aliphatic heterocycles. The van der Waals surface area contributed by atoms with Crippen molar-refractivity contribution in [3.8, 4) is 0 Å². The summed E-state index contributed by atoms with van der Waals surface area (Å²) in [5, 5.41) is 5.51. The third kappa shape index (κ3) is 4.11. The monoisotopic (exact) mass is 290 g/mol. The summed E-state index contributed by atoms with van der Waals surface area (Å²) >= 11 is 0. The summed E-state index contributed by atoms with van der Waals surface area (Å²) < 4.78 is 0. The molecule has 2 N–H and O–H groups in total. The van der Waals surface area contributed by atoms with Crippen LogP contribution < -0.4 is 10.6 Å². The molecule has 6 heteroatoms. The second kappa shape index (κ2) is 6.97. The fourth-order valence-electron chi connectivity index (χ4n) is 2.32. The van der Waals surface area contributed by atoms with E-state index >= 15 is 0 Å². The highest BCUT2D eigenvalue weighted by atomic mass is 16.2. The molecule has 0 unspecified atom stereocenters. The van der Waals surface area contributed by atoms with Gasteiger partial charge in [0.25, 0.3) is 0 Å². The highest BCUT2D eigenvalue weighted by molar-refractivity contribution is 5.89. The highest BCUT2D eigenvalue weighted by Crippen LogP contribution is 2.11. The van der Waals surface area contributed by atoms with Crippen LogP contribution in [0.5, 0.6) is 0 Å². The molecule has 114 valence electrons. The lowest BCUT2D eigenvalue weighted by atomic mass is 10.2. The maximum atomic E-state index is 12.2. The van der Waals surface area contributed by atoms with Gasteiger partial charge in [-0.05, 0) is 25.5 Å². The van der Waals surface area contributed by atoms with Crippen LogP contribution in [0.25, 0.3) is 0 Å². The van der Waals surface area contributed by atoms with Gasteiger partial charge in [0, 0.05) is 38.9 Å². The van der Waals surface area contributed by atoms with E-state index in [2.05, 4.69) is 10.6 Å². The highest BCUT2D eigenvalue weighted by Gasteiger charge is 2.21. The lowest BCUT2D eigenvalue weighted by Crippen LogP contribution is -2.42. The van der Waals surface area contributed by atoms with Crippen LogP contribution in [0.4, 0.5) is 15.3 Å². The maximum Gasteiger partial charge on any atom is 0.321 e. The first-order valence-electron chi connectivity index (χ1n) is 7.19. The smallest absolute Gasteiger partial charge is 0.321 e. The molecule has 0 spiro atoms. The number of aryl methyl sites for hydroxylation is 1. The van der Waals surface area contributed by atoms with Gasteiger partial charge in [0.05, 0.1) is 0 Å². The fraction of sp³-hybridized carbons (Fsp3) is 0.467. The molecule has 1 aromatic rings. The summed E-state index contributed by atoms with van der Waals surface area (Å²) in [4.78, 5) is 27.3. The van der Waals surface area contributed by atoms with E-state index in [1.165, 1.54) is 0 Å². The van der Waals surface area contributed by atoms with Crippen LogP contribution in [0.15, 0.2) is 24.3 Å². The Morgan fingerprint density at radius 2 is 1.52 bits per heavy atom. The van der Waals surface area contributed by atoms with Crippen molar-refractivity contribution < 1.29 is 9.59 Å². The van der Waals surface area contributed by atoms with Crippen LogP contribution in [0.2, 0.25) is 0 Å². The number of benzene rings is 1. The van der Waals surface area contributed by atoms with Crippen LogP contribution in [0.3, 0.4) is 0 Å². The van der Waals surface area contributed by atoms with Gasteiger partial charge in [-0.15, -0.1) is 0 Å². The summed E-state index contributed by atoms with van der Waals surface area (Å²) in [6, 6.07) is 7.51. The minimum atomic E-state index is -0.113. The lowest BCUT2D eigenvalue weighted by Gasteiger charge is -2.22. The molecule has 0 aromatic heterocycles. The number of nitrogens with zero attached hydrogens (tertiary/aromatic N) is 2. The number of rotatable bonds is 1. The van der Waals surface area contributed by atoms with Gasteiger partial charge in [0.15, 0.2) is 0 Å². The second-order valence-electron chi connectivity index (χ2n) is 5.18. The molecular weight excluding hydrogens is 268 g/mol. The summed E-state index contributed by atoms with van der Waals surface area (Å²) in [6.45, 7) is 4.44. The first kappa shape index (κ1) is 15.2. The van der Waals surface area contributed by atoms with Crippen molar-refractivity contribution in [3.63, 3.8) is 0 Å². The number of carbonyl (C=O) groups excluding carboxylic acids is 2. The molecule has 0 radical (unpaired) electrons. The van der Waals surface area contributed by atoms with Crippen LogP contribution in [-0.2, 0) is 0 Å². The Morgan fingerprint density at radius 3 is 2.10 bits per heavy atom. The molecule has 21 heavy (non-hydrogen) atoms. The molecule has 1 fully saturated rings. The molecule has 1 aliphatic rings. The first-order valence-corrected chi connectivity index (χ1v) is 7.19. The molecule has 6 nitrogen and oxygen atoms in total. The molecule has 2 rings (SSSR count). The molecule has 4 amide bonds. The Bertz CT molecular complexity index is 501. The van der Waals surface area contributed by atoms with Gasteiger partial charge in [-0.25, -0.2) is 9.59 Å². The average Bonchev–Trinajstić information content (AvgIpc) is 2.75. The largest absolute Gasteiger partial charge is 0.341 e. The summed E-state index contributed by atoms with van der Waals surface area (Å²) in [5.41, 5.74) is 1.95. The van der Waals surface area contributed by atoms with Gasteiger partial charge in [-0.2, -0.15) is 0 Å². The normalized spacial score (nSPS) is 15.3. The number of nitrogens with one attached hydrogen (secondary N) is 2. The van der Waals surface area contributed by atoms with Crippen molar-refractivity contribution in [2.24, 2.45) is 0 Å². The number of carbonyl (C=O) groups is 2. The predicted molar refractivity (Wildman–Crippen MR) is 82.4 cm³/mol. The number of amides is 4. The number of anilines is 1. The third-order valence-corrected chi connectivity index (χ3v) is 3.59. The average molecular weight is 290 g/mol. The zero-order valence-electron chi connectivity index (χ0n) is 12.6. The minimum Gasteiger partial charge on any atom is -0.341 e. The van der Waals surface area contributed by atoms with Gasteiger partial charge < -0.3 is 20.4 Å². The topological polar surface area (TPSA) is 64.7 Å². The number of hydrogen-bond acceptors (Lipinski definition) is 2. The second-order valence-corrected chi connectivity index (χ2v) is 5.18. The third-order valence-electron chi connectivity index (χ3n) is 3.59. The van der Waals surface area contributed by atoms with Gasteiger partial charge in [-0.1, -0.05) is 17.7 Å². The quantitative estimate of drug-likeness (QED) is 0.829. The van der Waals surface area contributed by atoms with Crippen LogP contribution in [-0.4, -0.2) is 55.1 Å². The van der Waals surface area contributed by atoms with Gasteiger partial charge in [0.2, 0.25) is 0 Å². The Kier molecular flexibility index (Phi) is 5.03. The van der Waals surface area contributed by atoms with Crippen molar-refractivity contribution in [1.29, 1.82) is 0 Å². The Balaban J connectivity index is 1.91. The molecule has 1 aromatic carbocycles. The van der Waals surface area contributed by atoms with E-state index in [1.54, 1.807) is 16.8 Å². The Hall–Kier alpha value is -2.24. The van der Waals surface area contributed by atoms with Crippen molar-refractivity contribution in [2.75, 3.05) is 38.5 Å². The van der Waals surface area contributed by atoms with Crippen LogP contribution in [0.1, 0.15) is 12.0 Å². The van der Waals surface area contributed by atoms with E-state index in [1.807, 2.05) is 31.2 Å². The number of urea groups is 2. The van der Waals surface area contributed by atoms with Crippen molar-refractivity contribution in [3.05, 3.63) is 29.8 Å². The number of hydrogen-bond donors (Lipinski definition) is 2. The Morgan fingerprint density at radius 1 is 0.952 bits per heavy atom. The minimum absolute atomic E-state index is 0.0872. The standard InChI is InChI=1S/C15H22N4O2/c1-12-4-6-13(7-5-12)17-15(21)19-9-3-8-18(10-11-19)14(20)16-2/h4-7H,3,8-11H2,1-2H3,(H,16,20)(H,17,21). The SMILES string of the molecule is CNC(=O)N1CCCN(C(=O)Nc2ccc(C)cc2)CC1. The molecule has 0 aliphatic carbocycles. The molecule has 0 atom stereocenters. The van der Waals surface area contributed by atoms with E-state index < -0.39 is 0 Å². The first-order chi connectivity index (χ1) is 10.1. The van der Waals surface area contributed by atoms with Gasteiger partial charge in [-0.3, -0.25) is 0 Å². The predicted octanol–water partition coefficient (Wildman–Crippen LogP) is 1.87. The maximum absolute atomic E-state index is 12.2. The van der Waals surface area contributed by atoms with E-state index in [9.17, 15) is 9.59 Å². The molecule has 0 saturated carbocycles. The zero-order valence-corrected chi connectivity index (χ0v) is 12.6. The van der Waals surface area contributed by atoms with Crippen LogP contribution >= 0.6 is 0 Å². The van der Waals surface area contributed by atoms with Crippen molar-refractivity contribution in [1.82, 2.24) is 15.1 Å². The Labute approximate surface area is 125 Å². The molecule has 0 bridgehead atoms.